The normalized spacial score (nSPS) is 11.6. The highest BCUT2D eigenvalue weighted by Crippen LogP contribution is 2.34. The second-order valence-corrected chi connectivity index (χ2v) is 4.01. The zero-order valence-electron chi connectivity index (χ0n) is 9.21. The molecule has 0 saturated heterocycles. The van der Waals surface area contributed by atoms with Gasteiger partial charge >= 0.3 is 6.18 Å². The number of alkyl halides is 4. The summed E-state index contributed by atoms with van der Waals surface area (Å²) in [6.07, 6.45) is -1.28. The van der Waals surface area contributed by atoms with Crippen LogP contribution in [0.25, 0.3) is 11.1 Å². The molecular weight excluding hydrogens is 263 g/mol. The summed E-state index contributed by atoms with van der Waals surface area (Å²) in [5.41, 5.74) is 1.15. The molecule has 1 aromatic heterocycles. The average Bonchev–Trinajstić information content (AvgIpc) is 2.38. The Kier molecular flexibility index (Phi) is 3.57. The number of hydrogen-bond acceptors (Lipinski definition) is 1. The molecule has 0 atom stereocenters. The summed E-state index contributed by atoms with van der Waals surface area (Å²) in [6, 6.07) is 6.89. The third kappa shape index (κ3) is 2.64. The van der Waals surface area contributed by atoms with Gasteiger partial charge in [-0.3, -0.25) is 4.98 Å². The number of halogens is 4. The van der Waals surface area contributed by atoms with E-state index in [1.165, 1.54) is 18.5 Å². The summed E-state index contributed by atoms with van der Waals surface area (Å²) < 4.78 is 38.0. The van der Waals surface area contributed by atoms with Crippen LogP contribution in [0.15, 0.2) is 42.7 Å². The molecule has 5 heteroatoms. The molecule has 0 bridgehead atoms. The summed E-state index contributed by atoms with van der Waals surface area (Å²) in [5.74, 6) is 0.162. The van der Waals surface area contributed by atoms with Crippen molar-refractivity contribution < 1.29 is 13.2 Å². The van der Waals surface area contributed by atoms with Crippen LogP contribution in [-0.2, 0) is 12.1 Å². The van der Waals surface area contributed by atoms with E-state index in [1.54, 1.807) is 12.1 Å². The van der Waals surface area contributed by atoms with Crippen molar-refractivity contribution in [3.63, 3.8) is 0 Å². The molecule has 1 nitrogen and oxygen atoms in total. The van der Waals surface area contributed by atoms with Crippen molar-refractivity contribution in [3.8, 4) is 11.1 Å². The quantitative estimate of drug-likeness (QED) is 0.733. The van der Waals surface area contributed by atoms with E-state index in [1.807, 2.05) is 0 Å². The van der Waals surface area contributed by atoms with Crippen LogP contribution in [0.1, 0.15) is 11.1 Å². The fourth-order valence-corrected chi connectivity index (χ4v) is 1.90. The Morgan fingerprint density at radius 3 is 2.28 bits per heavy atom. The molecule has 1 aromatic carbocycles. The maximum absolute atomic E-state index is 12.7. The van der Waals surface area contributed by atoms with Crippen molar-refractivity contribution >= 4 is 11.6 Å². The lowest BCUT2D eigenvalue weighted by Gasteiger charge is -2.12. The first-order chi connectivity index (χ1) is 8.52. The topological polar surface area (TPSA) is 12.9 Å². The molecule has 94 valence electrons. The van der Waals surface area contributed by atoms with Crippen LogP contribution in [0.3, 0.4) is 0 Å². The fourth-order valence-electron chi connectivity index (χ4n) is 1.67. The number of benzene rings is 1. The van der Waals surface area contributed by atoms with E-state index in [0.29, 0.717) is 16.7 Å². The van der Waals surface area contributed by atoms with E-state index in [0.717, 1.165) is 12.1 Å². The van der Waals surface area contributed by atoms with E-state index in [-0.39, 0.29) is 5.88 Å². The molecule has 0 amide bonds. The summed E-state index contributed by atoms with van der Waals surface area (Å²) in [7, 11) is 0. The van der Waals surface area contributed by atoms with Gasteiger partial charge in [0.1, 0.15) is 0 Å². The number of aromatic nitrogens is 1. The van der Waals surface area contributed by atoms with Gasteiger partial charge in [-0.05, 0) is 41.0 Å². The third-order valence-corrected chi connectivity index (χ3v) is 2.86. The van der Waals surface area contributed by atoms with Crippen LogP contribution >= 0.6 is 11.6 Å². The first kappa shape index (κ1) is 12.9. The highest BCUT2D eigenvalue weighted by molar-refractivity contribution is 6.17. The van der Waals surface area contributed by atoms with E-state index >= 15 is 0 Å². The number of hydrogen-bond donors (Lipinski definition) is 0. The lowest BCUT2D eigenvalue weighted by atomic mass is 9.99. The van der Waals surface area contributed by atoms with Gasteiger partial charge in [0, 0.05) is 18.3 Å². The van der Waals surface area contributed by atoms with Gasteiger partial charge in [0.15, 0.2) is 0 Å². The molecule has 0 radical (unpaired) electrons. The van der Waals surface area contributed by atoms with Gasteiger partial charge < -0.3 is 0 Å². The summed E-state index contributed by atoms with van der Waals surface area (Å²) in [5, 5.41) is 0. The number of rotatable bonds is 2. The maximum Gasteiger partial charge on any atom is 0.416 e. The van der Waals surface area contributed by atoms with Gasteiger partial charge in [-0.15, -0.1) is 11.6 Å². The summed E-state index contributed by atoms with van der Waals surface area (Å²) >= 11 is 5.75. The van der Waals surface area contributed by atoms with Crippen LogP contribution in [0, 0.1) is 0 Å². The van der Waals surface area contributed by atoms with Crippen molar-refractivity contribution in [2.24, 2.45) is 0 Å². The minimum atomic E-state index is -4.35. The molecular formula is C13H9ClF3N. The molecule has 0 unspecified atom stereocenters. The van der Waals surface area contributed by atoms with Crippen LogP contribution < -0.4 is 0 Å². The van der Waals surface area contributed by atoms with E-state index in [4.69, 9.17) is 11.6 Å². The molecule has 2 rings (SSSR count). The molecule has 1 heterocycles. The molecule has 0 fully saturated rings. The predicted molar refractivity (Wildman–Crippen MR) is 64.2 cm³/mol. The molecule has 0 saturated carbocycles. The van der Waals surface area contributed by atoms with Gasteiger partial charge in [-0.25, -0.2) is 0 Å². The van der Waals surface area contributed by atoms with Gasteiger partial charge in [-0.1, -0.05) is 6.07 Å². The third-order valence-electron chi connectivity index (χ3n) is 2.57. The molecule has 0 aliphatic carbocycles. The van der Waals surface area contributed by atoms with E-state index < -0.39 is 11.7 Å². The zero-order valence-corrected chi connectivity index (χ0v) is 9.96. The molecule has 2 aromatic rings. The Labute approximate surface area is 107 Å². The van der Waals surface area contributed by atoms with Crippen LogP contribution in [0.2, 0.25) is 0 Å². The van der Waals surface area contributed by atoms with Crippen molar-refractivity contribution in [1.29, 1.82) is 0 Å². The lowest BCUT2D eigenvalue weighted by molar-refractivity contribution is -0.137. The van der Waals surface area contributed by atoms with Gasteiger partial charge in [0.2, 0.25) is 0 Å². The van der Waals surface area contributed by atoms with E-state index in [9.17, 15) is 13.2 Å². The van der Waals surface area contributed by atoms with Crippen molar-refractivity contribution in [1.82, 2.24) is 4.98 Å². The Balaban J connectivity index is 2.57. The van der Waals surface area contributed by atoms with Gasteiger partial charge in [0.05, 0.1) is 5.56 Å². The standard InChI is InChI=1S/C13H9ClF3N/c14-8-10-1-2-11(13(15,16)17)7-12(10)9-3-5-18-6-4-9/h1-7H,8H2. The SMILES string of the molecule is FC(F)(F)c1ccc(CCl)c(-c2ccncc2)c1. The second kappa shape index (κ2) is 4.98. The van der Waals surface area contributed by atoms with Crippen LogP contribution in [0.4, 0.5) is 13.2 Å². The first-order valence-electron chi connectivity index (χ1n) is 5.19. The Hall–Kier alpha value is -1.55. The van der Waals surface area contributed by atoms with Crippen LogP contribution in [-0.4, -0.2) is 4.98 Å². The predicted octanol–water partition coefficient (Wildman–Crippen LogP) is 4.51. The Bertz CT molecular complexity index is 538. The highest BCUT2D eigenvalue weighted by atomic mass is 35.5. The van der Waals surface area contributed by atoms with Crippen molar-refractivity contribution in [3.05, 3.63) is 53.9 Å². The smallest absolute Gasteiger partial charge is 0.265 e. The highest BCUT2D eigenvalue weighted by Gasteiger charge is 2.31. The number of pyridine rings is 1. The zero-order chi connectivity index (χ0) is 13.2. The molecule has 0 aliphatic heterocycles. The molecule has 0 spiro atoms. The average molecular weight is 272 g/mol. The van der Waals surface area contributed by atoms with E-state index in [2.05, 4.69) is 4.98 Å². The maximum atomic E-state index is 12.7. The monoisotopic (exact) mass is 271 g/mol. The minimum Gasteiger partial charge on any atom is -0.265 e. The largest absolute Gasteiger partial charge is 0.416 e. The minimum absolute atomic E-state index is 0.162. The summed E-state index contributed by atoms with van der Waals surface area (Å²) in [4.78, 5) is 3.84. The van der Waals surface area contributed by atoms with Crippen LogP contribution in [0.5, 0.6) is 0 Å². The lowest BCUT2D eigenvalue weighted by Crippen LogP contribution is -2.05. The first-order valence-corrected chi connectivity index (χ1v) is 5.72. The second-order valence-electron chi connectivity index (χ2n) is 3.74. The van der Waals surface area contributed by atoms with Crippen molar-refractivity contribution in [2.75, 3.05) is 0 Å². The van der Waals surface area contributed by atoms with Crippen molar-refractivity contribution in [2.45, 2.75) is 12.1 Å². The van der Waals surface area contributed by atoms with Gasteiger partial charge in [-0.2, -0.15) is 13.2 Å². The Morgan fingerprint density at radius 2 is 1.72 bits per heavy atom. The molecule has 0 N–H and O–H groups in total. The van der Waals surface area contributed by atoms with Gasteiger partial charge in [0.25, 0.3) is 0 Å². The number of nitrogens with zero attached hydrogens (tertiary/aromatic N) is 1. The molecule has 18 heavy (non-hydrogen) atoms. The Morgan fingerprint density at radius 1 is 1.06 bits per heavy atom. The summed E-state index contributed by atoms with van der Waals surface area (Å²) in [6.45, 7) is 0. The fraction of sp³-hybridized carbons (Fsp3) is 0.154. The molecule has 0 aliphatic rings.